The van der Waals surface area contributed by atoms with Crippen LogP contribution in [0.25, 0.3) is 11.3 Å². The molecule has 1 aliphatic rings. The van der Waals surface area contributed by atoms with Crippen LogP contribution in [0.15, 0.2) is 40.0 Å². The van der Waals surface area contributed by atoms with Crippen LogP contribution in [0, 0.1) is 0 Å². The van der Waals surface area contributed by atoms with Gasteiger partial charge in [-0.15, -0.1) is 11.8 Å². The van der Waals surface area contributed by atoms with E-state index in [1.165, 1.54) is 6.07 Å². The molecule has 0 amide bonds. The predicted octanol–water partition coefficient (Wildman–Crippen LogP) is 4.40. The molecule has 3 rings (SSSR count). The van der Waals surface area contributed by atoms with Gasteiger partial charge in [-0.3, -0.25) is 4.79 Å². The number of hydrogen-bond donors (Lipinski definition) is 1. The lowest BCUT2D eigenvalue weighted by Crippen LogP contribution is -2.24. The van der Waals surface area contributed by atoms with Crippen LogP contribution < -0.4 is 5.43 Å². The fourth-order valence-electron chi connectivity index (χ4n) is 3.18. The average Bonchev–Trinajstić information content (AvgIpc) is 2.59. The van der Waals surface area contributed by atoms with Crippen molar-refractivity contribution < 1.29 is 9.90 Å². The molecule has 5 heteroatoms. The molecule has 0 aliphatic carbocycles. The van der Waals surface area contributed by atoms with Crippen LogP contribution in [0.4, 0.5) is 0 Å². The number of carboxylic acids is 1. The van der Waals surface area contributed by atoms with Gasteiger partial charge >= 0.3 is 5.97 Å². The zero-order valence-electron chi connectivity index (χ0n) is 13.7. The van der Waals surface area contributed by atoms with Crippen LogP contribution >= 0.6 is 11.8 Å². The highest BCUT2D eigenvalue weighted by Gasteiger charge is 2.25. The first-order valence-corrected chi connectivity index (χ1v) is 9.34. The van der Waals surface area contributed by atoms with Gasteiger partial charge in [0.1, 0.15) is 5.69 Å². The molecular weight excluding hydrogens is 322 g/mol. The Kier molecular flexibility index (Phi) is 5.09. The number of unbranched alkanes of at least 4 members (excludes halogenated alkanes) is 3. The van der Waals surface area contributed by atoms with Crippen LogP contribution in [-0.4, -0.2) is 15.6 Å². The molecule has 1 aromatic heterocycles. The van der Waals surface area contributed by atoms with Gasteiger partial charge in [-0.2, -0.15) is 0 Å². The molecule has 0 atom stereocenters. The maximum Gasteiger partial charge on any atom is 0.352 e. The quantitative estimate of drug-likeness (QED) is 0.790. The molecule has 1 N–H and O–H groups in total. The Hall–Kier alpha value is -2.01. The number of benzene rings is 1. The van der Waals surface area contributed by atoms with Gasteiger partial charge < -0.3 is 9.67 Å². The highest BCUT2D eigenvalue weighted by atomic mass is 32.2. The molecule has 126 valence electrons. The third kappa shape index (κ3) is 3.13. The van der Waals surface area contributed by atoms with E-state index in [4.69, 9.17) is 0 Å². The first kappa shape index (κ1) is 16.8. The van der Waals surface area contributed by atoms with Crippen molar-refractivity contribution in [1.82, 2.24) is 4.57 Å². The summed E-state index contributed by atoms with van der Waals surface area (Å²) in [5.41, 5.74) is 2.41. The van der Waals surface area contributed by atoms with Gasteiger partial charge in [-0.1, -0.05) is 44.4 Å². The summed E-state index contributed by atoms with van der Waals surface area (Å²) in [5, 5.41) is 9.58. The molecule has 4 nitrogen and oxygen atoms in total. The van der Waals surface area contributed by atoms with Crippen LogP contribution in [0.2, 0.25) is 0 Å². The van der Waals surface area contributed by atoms with Crippen molar-refractivity contribution in [2.75, 3.05) is 0 Å². The monoisotopic (exact) mass is 343 g/mol. The minimum Gasteiger partial charge on any atom is -0.477 e. The largest absolute Gasteiger partial charge is 0.477 e. The number of aromatic carboxylic acids is 1. The van der Waals surface area contributed by atoms with Crippen molar-refractivity contribution in [3.05, 3.63) is 51.8 Å². The molecule has 0 fully saturated rings. The molecule has 0 radical (unpaired) electrons. The number of carboxylic acid groups (broad SMARTS) is 1. The summed E-state index contributed by atoms with van der Waals surface area (Å²) in [4.78, 5) is 25.2. The van der Waals surface area contributed by atoms with Crippen molar-refractivity contribution in [3.63, 3.8) is 0 Å². The summed E-state index contributed by atoms with van der Waals surface area (Å²) < 4.78 is 1.84. The topological polar surface area (TPSA) is 59.3 Å². The summed E-state index contributed by atoms with van der Waals surface area (Å²) in [5.74, 6) is -0.443. The van der Waals surface area contributed by atoms with Crippen LogP contribution in [-0.2, 0) is 12.3 Å². The number of fused-ring (bicyclic) bond motifs is 3. The zero-order chi connectivity index (χ0) is 17.1. The molecule has 2 aromatic rings. The Labute approximate surface area is 145 Å². The second-order valence-corrected chi connectivity index (χ2v) is 7.04. The van der Waals surface area contributed by atoms with E-state index < -0.39 is 5.97 Å². The molecule has 1 aromatic carbocycles. The summed E-state index contributed by atoms with van der Waals surface area (Å²) >= 11 is 1.64. The lowest BCUT2D eigenvalue weighted by molar-refractivity contribution is 0.0684. The lowest BCUT2D eigenvalue weighted by Gasteiger charge is -2.25. The number of pyridine rings is 1. The Morgan fingerprint density at radius 3 is 2.79 bits per heavy atom. The van der Waals surface area contributed by atoms with Crippen molar-refractivity contribution in [2.24, 2.45) is 0 Å². The third-order valence-electron chi connectivity index (χ3n) is 4.38. The predicted molar refractivity (Wildman–Crippen MR) is 96.8 cm³/mol. The molecule has 24 heavy (non-hydrogen) atoms. The van der Waals surface area contributed by atoms with E-state index in [-0.39, 0.29) is 11.1 Å². The van der Waals surface area contributed by atoms with Crippen LogP contribution in [0.3, 0.4) is 0 Å². The number of thioether (sulfide) groups is 1. The van der Waals surface area contributed by atoms with E-state index in [2.05, 4.69) is 6.92 Å². The Bertz CT molecular complexity index is 826. The highest BCUT2D eigenvalue weighted by Crippen LogP contribution is 2.40. The third-order valence-corrected chi connectivity index (χ3v) is 5.48. The van der Waals surface area contributed by atoms with Gasteiger partial charge in [0.15, 0.2) is 5.43 Å². The van der Waals surface area contributed by atoms with Crippen molar-refractivity contribution in [1.29, 1.82) is 0 Å². The molecule has 1 aliphatic heterocycles. The fraction of sp³-hybridized carbons (Fsp3) is 0.368. The Morgan fingerprint density at radius 2 is 2.04 bits per heavy atom. The van der Waals surface area contributed by atoms with Crippen molar-refractivity contribution in [3.8, 4) is 11.3 Å². The fourth-order valence-corrected chi connectivity index (χ4v) is 4.25. The number of aromatic nitrogens is 1. The van der Waals surface area contributed by atoms with E-state index in [1.807, 2.05) is 28.8 Å². The summed E-state index contributed by atoms with van der Waals surface area (Å²) in [6, 6.07) is 9.21. The maximum absolute atomic E-state index is 12.4. The van der Waals surface area contributed by atoms with E-state index >= 15 is 0 Å². The Balaban J connectivity index is 2.15. The number of carbonyl (C=O) groups is 1. The second-order valence-electron chi connectivity index (χ2n) is 6.02. The van der Waals surface area contributed by atoms with Crippen molar-refractivity contribution in [2.45, 2.75) is 49.8 Å². The second kappa shape index (κ2) is 7.26. The van der Waals surface area contributed by atoms with Gasteiger partial charge in [0, 0.05) is 34.4 Å². The van der Waals surface area contributed by atoms with E-state index in [0.717, 1.165) is 47.4 Å². The van der Waals surface area contributed by atoms with Crippen LogP contribution in [0.5, 0.6) is 0 Å². The normalized spacial score (nSPS) is 12.5. The summed E-state index contributed by atoms with van der Waals surface area (Å²) in [6.07, 6.45) is 4.25. The van der Waals surface area contributed by atoms with E-state index in [1.54, 1.807) is 11.8 Å². The minimum atomic E-state index is -1.04. The standard InChI is InChI=1S/C19H21NO3S/c1-2-3-4-7-10-20-15(19(22)23)11-16(21)14-12-24-17-9-6-5-8-13(17)18(14)20/h5-6,8-9,11H,2-4,7,10,12H2,1H3,(H,22,23). The molecule has 2 heterocycles. The highest BCUT2D eigenvalue weighted by molar-refractivity contribution is 7.98. The number of hydrogen-bond acceptors (Lipinski definition) is 3. The number of rotatable bonds is 6. The van der Waals surface area contributed by atoms with Gasteiger partial charge in [0.2, 0.25) is 0 Å². The molecule has 0 saturated heterocycles. The number of nitrogens with zero attached hydrogens (tertiary/aromatic N) is 1. The Morgan fingerprint density at radius 1 is 1.25 bits per heavy atom. The first-order chi connectivity index (χ1) is 11.6. The molecule has 0 spiro atoms. The minimum absolute atomic E-state index is 0.0944. The van der Waals surface area contributed by atoms with Gasteiger partial charge in [0.05, 0.1) is 5.69 Å². The van der Waals surface area contributed by atoms with Crippen molar-refractivity contribution >= 4 is 17.7 Å². The van der Waals surface area contributed by atoms with Gasteiger partial charge in [-0.25, -0.2) is 4.79 Å². The maximum atomic E-state index is 12.4. The summed E-state index contributed by atoms with van der Waals surface area (Å²) in [6.45, 7) is 2.78. The van der Waals surface area contributed by atoms with E-state index in [0.29, 0.717) is 12.3 Å². The zero-order valence-corrected chi connectivity index (χ0v) is 14.6. The SMILES string of the molecule is CCCCCCn1c(C(=O)O)cc(=O)c2c1-c1ccccc1SC2. The molecule has 0 saturated carbocycles. The molecule has 0 bridgehead atoms. The van der Waals surface area contributed by atoms with Gasteiger partial charge in [0.25, 0.3) is 0 Å². The molecular formula is C19H21NO3S. The van der Waals surface area contributed by atoms with Crippen LogP contribution in [0.1, 0.15) is 48.7 Å². The lowest BCUT2D eigenvalue weighted by atomic mass is 10.0. The summed E-state index contributed by atoms with van der Waals surface area (Å²) in [7, 11) is 0. The van der Waals surface area contributed by atoms with E-state index in [9.17, 15) is 14.7 Å². The smallest absolute Gasteiger partial charge is 0.352 e. The van der Waals surface area contributed by atoms with Gasteiger partial charge in [-0.05, 0) is 12.5 Å². The molecule has 0 unspecified atom stereocenters. The first-order valence-electron chi connectivity index (χ1n) is 8.35. The average molecular weight is 343 g/mol.